The monoisotopic (exact) mass is 256 g/mol. The number of ether oxygens (including phenoxy) is 1. The van der Waals surface area contributed by atoms with Crippen molar-refractivity contribution in [1.29, 1.82) is 0 Å². The van der Waals surface area contributed by atoms with Gasteiger partial charge in [-0.3, -0.25) is 0 Å². The van der Waals surface area contributed by atoms with E-state index in [9.17, 15) is 0 Å². The summed E-state index contributed by atoms with van der Waals surface area (Å²) in [6.45, 7) is 6.51. The molecule has 0 bridgehead atoms. The van der Waals surface area contributed by atoms with Crippen molar-refractivity contribution < 1.29 is 4.74 Å². The van der Waals surface area contributed by atoms with Crippen molar-refractivity contribution >= 4 is 0 Å². The van der Waals surface area contributed by atoms with Crippen LogP contribution in [0.25, 0.3) is 0 Å². The average molecular weight is 256 g/mol. The minimum atomic E-state index is 0.432. The summed E-state index contributed by atoms with van der Waals surface area (Å²) in [6, 6.07) is 9.98. The Balaban J connectivity index is 2.44. The minimum absolute atomic E-state index is 0.432. The molecule has 0 aliphatic heterocycles. The Morgan fingerprint density at radius 2 is 1.95 bits per heavy atom. The zero-order valence-electron chi connectivity index (χ0n) is 11.8. The second-order valence-corrected chi connectivity index (χ2v) is 4.48. The molecule has 19 heavy (non-hydrogen) atoms. The molecule has 0 heterocycles. The Labute approximate surface area is 117 Å². The zero-order valence-corrected chi connectivity index (χ0v) is 11.8. The Kier molecular flexibility index (Phi) is 8.20. The molecular formula is C18H24O. The summed E-state index contributed by atoms with van der Waals surface area (Å²) in [4.78, 5) is 0. The van der Waals surface area contributed by atoms with Crippen LogP contribution in [0.5, 0.6) is 5.75 Å². The van der Waals surface area contributed by atoms with Crippen molar-refractivity contribution in [3.8, 4) is 5.75 Å². The maximum Gasteiger partial charge on any atom is 0.119 e. The summed E-state index contributed by atoms with van der Waals surface area (Å²) < 4.78 is 5.82. The van der Waals surface area contributed by atoms with Gasteiger partial charge in [0, 0.05) is 5.92 Å². The smallest absolute Gasteiger partial charge is 0.119 e. The molecule has 0 saturated carbocycles. The first-order valence-electron chi connectivity index (χ1n) is 6.93. The predicted molar refractivity (Wildman–Crippen MR) is 83.4 cm³/mol. The maximum atomic E-state index is 5.82. The van der Waals surface area contributed by atoms with Crippen molar-refractivity contribution in [2.24, 2.45) is 5.92 Å². The second kappa shape index (κ2) is 10.2. The molecule has 0 fully saturated rings. The summed E-state index contributed by atoms with van der Waals surface area (Å²) in [5.74, 6) is 1.37. The Morgan fingerprint density at radius 3 is 2.63 bits per heavy atom. The molecule has 1 atom stereocenters. The minimum Gasteiger partial charge on any atom is -0.493 e. The van der Waals surface area contributed by atoms with Gasteiger partial charge in [-0.25, -0.2) is 0 Å². The van der Waals surface area contributed by atoms with E-state index in [0.29, 0.717) is 5.92 Å². The van der Waals surface area contributed by atoms with E-state index in [1.54, 1.807) is 0 Å². The molecule has 1 aromatic carbocycles. The number of unbranched alkanes of at least 4 members (excludes halogenated alkanes) is 1. The summed E-state index contributed by atoms with van der Waals surface area (Å²) in [5.41, 5.74) is 0. The number of rotatable bonds is 9. The van der Waals surface area contributed by atoms with Gasteiger partial charge in [-0.05, 0) is 38.3 Å². The standard InChI is InChI=1S/C18H24O/c1-3-5-7-9-13-17(12-6-4-2)16-19-18-14-10-8-11-15-18/h3-4,6,8-11,13-15,17H,1,5,7,12,16H2,2H3. The van der Waals surface area contributed by atoms with Crippen molar-refractivity contribution in [1.82, 2.24) is 0 Å². The van der Waals surface area contributed by atoms with E-state index in [2.05, 4.69) is 37.8 Å². The van der Waals surface area contributed by atoms with Gasteiger partial charge >= 0.3 is 0 Å². The van der Waals surface area contributed by atoms with E-state index in [0.717, 1.165) is 31.6 Å². The van der Waals surface area contributed by atoms with Gasteiger partial charge in [0.2, 0.25) is 0 Å². The first-order chi connectivity index (χ1) is 9.36. The van der Waals surface area contributed by atoms with Crippen molar-refractivity contribution in [2.45, 2.75) is 26.2 Å². The lowest BCUT2D eigenvalue weighted by Gasteiger charge is -2.12. The van der Waals surface area contributed by atoms with Gasteiger partial charge in [0.05, 0.1) is 6.61 Å². The van der Waals surface area contributed by atoms with Crippen LogP contribution in [-0.2, 0) is 0 Å². The highest BCUT2D eigenvalue weighted by Crippen LogP contribution is 2.13. The predicted octanol–water partition coefficient (Wildman–Crippen LogP) is 5.17. The molecule has 0 aromatic heterocycles. The fourth-order valence-electron chi connectivity index (χ4n) is 1.74. The summed E-state index contributed by atoms with van der Waals surface area (Å²) in [6.07, 6.45) is 13.8. The largest absolute Gasteiger partial charge is 0.493 e. The molecule has 1 unspecified atom stereocenters. The van der Waals surface area contributed by atoms with E-state index in [1.807, 2.05) is 36.4 Å². The molecule has 1 rings (SSSR count). The molecule has 0 aliphatic carbocycles. The molecule has 0 aliphatic rings. The highest BCUT2D eigenvalue weighted by Gasteiger charge is 2.03. The zero-order chi connectivity index (χ0) is 13.8. The molecule has 1 aromatic rings. The SMILES string of the molecule is C=CCCC=CC(CC=CC)COc1ccccc1. The van der Waals surface area contributed by atoms with Crippen LogP contribution in [0.1, 0.15) is 26.2 Å². The van der Waals surface area contributed by atoms with Crippen molar-refractivity contribution in [3.05, 3.63) is 67.3 Å². The van der Waals surface area contributed by atoms with Gasteiger partial charge in [0.15, 0.2) is 0 Å². The Hall–Kier alpha value is -1.76. The lowest BCUT2D eigenvalue weighted by Crippen LogP contribution is -2.09. The highest BCUT2D eigenvalue weighted by molar-refractivity contribution is 5.21. The molecule has 0 spiro atoms. The maximum absolute atomic E-state index is 5.82. The van der Waals surface area contributed by atoms with Crippen molar-refractivity contribution in [2.75, 3.05) is 6.61 Å². The van der Waals surface area contributed by atoms with Crippen LogP contribution in [0.3, 0.4) is 0 Å². The summed E-state index contributed by atoms with van der Waals surface area (Å²) in [7, 11) is 0. The normalized spacial score (nSPS) is 12.9. The van der Waals surface area contributed by atoms with Gasteiger partial charge < -0.3 is 4.74 Å². The van der Waals surface area contributed by atoms with Crippen molar-refractivity contribution in [3.63, 3.8) is 0 Å². The first-order valence-corrected chi connectivity index (χ1v) is 6.93. The van der Waals surface area contributed by atoms with E-state index in [1.165, 1.54) is 0 Å². The van der Waals surface area contributed by atoms with E-state index >= 15 is 0 Å². The highest BCUT2D eigenvalue weighted by atomic mass is 16.5. The number of hydrogen-bond donors (Lipinski definition) is 0. The van der Waals surface area contributed by atoms with Crippen LogP contribution >= 0.6 is 0 Å². The topological polar surface area (TPSA) is 9.23 Å². The molecule has 0 N–H and O–H groups in total. The number of benzene rings is 1. The number of allylic oxidation sites excluding steroid dienone is 4. The van der Waals surface area contributed by atoms with E-state index in [-0.39, 0.29) is 0 Å². The fourth-order valence-corrected chi connectivity index (χ4v) is 1.74. The van der Waals surface area contributed by atoms with Gasteiger partial charge in [-0.2, -0.15) is 0 Å². The molecule has 0 radical (unpaired) electrons. The fraction of sp³-hybridized carbons (Fsp3) is 0.333. The van der Waals surface area contributed by atoms with Crippen LogP contribution in [-0.4, -0.2) is 6.61 Å². The van der Waals surface area contributed by atoms with Crippen LogP contribution < -0.4 is 4.74 Å². The first kappa shape index (κ1) is 15.3. The van der Waals surface area contributed by atoms with Gasteiger partial charge in [-0.15, -0.1) is 6.58 Å². The summed E-state index contributed by atoms with van der Waals surface area (Å²) in [5, 5.41) is 0. The van der Waals surface area contributed by atoms with Crippen LogP contribution in [0, 0.1) is 5.92 Å². The third kappa shape index (κ3) is 7.30. The van der Waals surface area contributed by atoms with Crippen LogP contribution in [0.2, 0.25) is 0 Å². The second-order valence-electron chi connectivity index (χ2n) is 4.48. The molecule has 1 nitrogen and oxygen atoms in total. The molecular weight excluding hydrogens is 232 g/mol. The summed E-state index contributed by atoms with van der Waals surface area (Å²) >= 11 is 0. The van der Waals surface area contributed by atoms with E-state index in [4.69, 9.17) is 4.74 Å². The Bertz CT molecular complexity index is 389. The lowest BCUT2D eigenvalue weighted by atomic mass is 10.0. The number of hydrogen-bond acceptors (Lipinski definition) is 1. The number of para-hydroxylation sites is 1. The third-order valence-electron chi connectivity index (χ3n) is 2.83. The molecule has 0 saturated heterocycles. The van der Waals surface area contributed by atoms with Gasteiger partial charge in [0.1, 0.15) is 5.75 Å². The Morgan fingerprint density at radius 1 is 1.16 bits per heavy atom. The third-order valence-corrected chi connectivity index (χ3v) is 2.83. The lowest BCUT2D eigenvalue weighted by molar-refractivity contribution is 0.276. The average Bonchev–Trinajstić information content (AvgIpc) is 2.46. The van der Waals surface area contributed by atoms with Gasteiger partial charge in [-0.1, -0.05) is 48.6 Å². The van der Waals surface area contributed by atoms with Crippen LogP contribution in [0.4, 0.5) is 0 Å². The molecule has 0 amide bonds. The molecule has 102 valence electrons. The van der Waals surface area contributed by atoms with E-state index < -0.39 is 0 Å². The quantitative estimate of drug-likeness (QED) is 0.437. The van der Waals surface area contributed by atoms with Crippen LogP contribution in [0.15, 0.2) is 67.3 Å². The van der Waals surface area contributed by atoms with Gasteiger partial charge in [0.25, 0.3) is 0 Å². The molecule has 1 heteroatoms.